The fourth-order valence-corrected chi connectivity index (χ4v) is 4.90. The van der Waals surface area contributed by atoms with E-state index in [4.69, 9.17) is 15.2 Å². The number of hydrogen-bond donors (Lipinski definition) is 2. The molecule has 0 saturated heterocycles. The lowest BCUT2D eigenvalue weighted by Crippen LogP contribution is -2.51. The summed E-state index contributed by atoms with van der Waals surface area (Å²) in [5.41, 5.74) is 5.53. The number of ether oxygens (including phenoxy) is 2. The molecular formula is C26H22FN3O5. The molecule has 5 rings (SSSR count). The first-order chi connectivity index (χ1) is 16.8. The third kappa shape index (κ3) is 3.23. The second-order valence-electron chi connectivity index (χ2n) is 8.37. The zero-order valence-corrected chi connectivity index (χ0v) is 19.1. The molecule has 0 bridgehead atoms. The van der Waals surface area contributed by atoms with E-state index >= 15 is 0 Å². The summed E-state index contributed by atoms with van der Waals surface area (Å²) in [5.74, 6) is -2.05. The summed E-state index contributed by atoms with van der Waals surface area (Å²) in [5, 5.41) is 0. The Balaban J connectivity index is 1.82. The molecule has 178 valence electrons. The molecule has 3 aromatic rings. The maximum absolute atomic E-state index is 14.4. The van der Waals surface area contributed by atoms with Crippen molar-refractivity contribution in [3.63, 3.8) is 0 Å². The maximum atomic E-state index is 14.4. The number of nitrogens with zero attached hydrogens (tertiary/aromatic N) is 1. The van der Waals surface area contributed by atoms with E-state index in [1.54, 1.807) is 56.3 Å². The first-order valence-electron chi connectivity index (χ1n) is 11.0. The fourth-order valence-electron chi connectivity index (χ4n) is 4.90. The predicted molar refractivity (Wildman–Crippen MR) is 125 cm³/mol. The van der Waals surface area contributed by atoms with Gasteiger partial charge < -0.3 is 25.1 Å². The summed E-state index contributed by atoms with van der Waals surface area (Å²) in [6, 6.07) is 14.2. The highest BCUT2D eigenvalue weighted by atomic mass is 19.1. The number of aryl methyl sites for hydroxylation is 1. The zero-order valence-electron chi connectivity index (χ0n) is 19.1. The van der Waals surface area contributed by atoms with Gasteiger partial charge in [-0.2, -0.15) is 0 Å². The maximum Gasteiger partial charge on any atom is 0.341 e. The number of hydrogen-bond acceptors (Lipinski definition) is 6. The third-order valence-electron chi connectivity index (χ3n) is 6.25. The Morgan fingerprint density at radius 1 is 1.17 bits per heavy atom. The number of aromatic amines is 1. The molecule has 1 atom stereocenters. The second-order valence-corrected chi connectivity index (χ2v) is 8.37. The van der Waals surface area contributed by atoms with E-state index in [2.05, 4.69) is 4.98 Å². The third-order valence-corrected chi connectivity index (χ3v) is 6.25. The van der Waals surface area contributed by atoms with E-state index in [0.717, 1.165) is 0 Å². The van der Waals surface area contributed by atoms with Crippen LogP contribution in [0.1, 0.15) is 29.3 Å². The van der Waals surface area contributed by atoms with Crippen LogP contribution in [0.25, 0.3) is 0 Å². The number of aromatic nitrogens is 1. The van der Waals surface area contributed by atoms with Crippen molar-refractivity contribution in [2.45, 2.75) is 25.8 Å². The van der Waals surface area contributed by atoms with Crippen LogP contribution in [0.15, 0.2) is 70.8 Å². The van der Waals surface area contributed by atoms with Gasteiger partial charge >= 0.3 is 5.97 Å². The Kier molecular flexibility index (Phi) is 5.20. The number of carbonyl (C=O) groups is 2. The van der Waals surface area contributed by atoms with Crippen molar-refractivity contribution in [1.82, 2.24) is 4.98 Å². The number of nitrogens with two attached hydrogens (primary N) is 1. The van der Waals surface area contributed by atoms with Crippen LogP contribution in [0.3, 0.4) is 0 Å². The summed E-state index contributed by atoms with van der Waals surface area (Å²) in [6.07, 6.45) is 0. The number of H-pyrrole nitrogens is 1. The molecule has 2 aromatic carbocycles. The van der Waals surface area contributed by atoms with Crippen LogP contribution in [0.2, 0.25) is 0 Å². The van der Waals surface area contributed by atoms with Crippen molar-refractivity contribution in [2.24, 2.45) is 5.73 Å². The van der Waals surface area contributed by atoms with Crippen LogP contribution in [0, 0.1) is 12.7 Å². The van der Waals surface area contributed by atoms with Crippen molar-refractivity contribution in [2.75, 3.05) is 11.5 Å². The standard InChI is InChI=1S/C26H22FN3O5/c1-3-34-24(32)21-22(28)35-19-12-14(2)29-23(31)20(19)26(21)17-6-4-5-7-18(17)30(25(26)33)13-15-8-10-16(27)11-9-15/h4-12H,3,13,28H2,1-2H3,(H,29,31). The van der Waals surface area contributed by atoms with E-state index in [1.807, 2.05) is 0 Å². The van der Waals surface area contributed by atoms with Gasteiger partial charge in [0.05, 0.1) is 18.7 Å². The van der Waals surface area contributed by atoms with Crippen LogP contribution < -0.4 is 20.9 Å². The number of esters is 1. The summed E-state index contributed by atoms with van der Waals surface area (Å²) in [4.78, 5) is 45.2. The molecule has 3 N–H and O–H groups in total. The Morgan fingerprint density at radius 3 is 2.60 bits per heavy atom. The molecule has 2 aliphatic rings. The van der Waals surface area contributed by atoms with Crippen molar-refractivity contribution >= 4 is 17.6 Å². The van der Waals surface area contributed by atoms with Gasteiger partial charge in [0.25, 0.3) is 5.56 Å². The normalized spacial score (nSPS) is 18.4. The minimum atomic E-state index is -1.89. The van der Waals surface area contributed by atoms with Crippen molar-refractivity contribution in [1.29, 1.82) is 0 Å². The predicted octanol–water partition coefficient (Wildman–Crippen LogP) is 2.78. The van der Waals surface area contributed by atoms with Gasteiger partial charge in [0.15, 0.2) is 0 Å². The number of pyridine rings is 1. The number of amides is 1. The minimum absolute atomic E-state index is 0.0257. The van der Waals surface area contributed by atoms with Gasteiger partial charge in [0.1, 0.15) is 22.6 Å². The highest BCUT2D eigenvalue weighted by Gasteiger charge is 2.62. The van der Waals surface area contributed by atoms with Crippen molar-refractivity contribution < 1.29 is 23.5 Å². The van der Waals surface area contributed by atoms with Crippen LogP contribution >= 0.6 is 0 Å². The van der Waals surface area contributed by atoms with E-state index < -0.39 is 28.7 Å². The van der Waals surface area contributed by atoms with E-state index in [0.29, 0.717) is 22.5 Å². The summed E-state index contributed by atoms with van der Waals surface area (Å²) >= 11 is 0. The number of fused-ring (bicyclic) bond motifs is 4. The Bertz CT molecular complexity index is 1460. The molecule has 9 heteroatoms. The number of carbonyl (C=O) groups excluding carboxylic acids is 2. The Labute approximate surface area is 199 Å². The Morgan fingerprint density at radius 2 is 1.89 bits per heavy atom. The molecule has 2 aliphatic heterocycles. The molecule has 8 nitrogen and oxygen atoms in total. The quantitative estimate of drug-likeness (QED) is 0.561. The van der Waals surface area contributed by atoms with Crippen LogP contribution in [0.5, 0.6) is 5.75 Å². The monoisotopic (exact) mass is 475 g/mol. The topological polar surface area (TPSA) is 115 Å². The Hall–Kier alpha value is -4.40. The highest BCUT2D eigenvalue weighted by molar-refractivity contribution is 6.18. The molecule has 0 aliphatic carbocycles. The highest BCUT2D eigenvalue weighted by Crippen LogP contribution is 2.54. The SMILES string of the molecule is CCOC(=O)C1=C(N)Oc2cc(C)[nH]c(=O)c2C12C(=O)N(Cc1ccc(F)cc1)c1ccccc12. The second kappa shape index (κ2) is 8.12. The number of halogens is 1. The number of para-hydroxylation sites is 1. The van der Waals surface area contributed by atoms with Gasteiger partial charge in [-0.15, -0.1) is 0 Å². The molecular weight excluding hydrogens is 453 g/mol. The molecule has 1 aromatic heterocycles. The van der Waals surface area contributed by atoms with Crippen LogP contribution in [-0.2, 0) is 26.3 Å². The smallest absolute Gasteiger partial charge is 0.341 e. The molecule has 1 amide bonds. The molecule has 1 spiro atoms. The van der Waals surface area contributed by atoms with Gasteiger partial charge in [-0.25, -0.2) is 9.18 Å². The first-order valence-corrected chi connectivity index (χ1v) is 11.0. The van der Waals surface area contributed by atoms with Gasteiger partial charge in [-0.1, -0.05) is 30.3 Å². The molecule has 0 fully saturated rings. The van der Waals surface area contributed by atoms with E-state index in [9.17, 15) is 18.8 Å². The van der Waals surface area contributed by atoms with Gasteiger partial charge in [0.2, 0.25) is 11.8 Å². The number of nitrogens with one attached hydrogen (secondary N) is 1. The molecule has 3 heterocycles. The van der Waals surface area contributed by atoms with Gasteiger partial charge in [-0.05, 0) is 37.6 Å². The van der Waals surface area contributed by atoms with Gasteiger partial charge in [-0.3, -0.25) is 9.59 Å². The van der Waals surface area contributed by atoms with E-state index in [-0.39, 0.29) is 35.9 Å². The summed E-state index contributed by atoms with van der Waals surface area (Å²) < 4.78 is 24.5. The van der Waals surface area contributed by atoms with E-state index in [1.165, 1.54) is 17.0 Å². The largest absolute Gasteiger partial charge is 0.462 e. The van der Waals surface area contributed by atoms with Gasteiger partial charge in [0, 0.05) is 23.0 Å². The molecule has 35 heavy (non-hydrogen) atoms. The summed E-state index contributed by atoms with van der Waals surface area (Å²) in [6.45, 7) is 3.40. The molecule has 0 radical (unpaired) electrons. The lowest BCUT2D eigenvalue weighted by Gasteiger charge is -2.35. The number of rotatable bonds is 4. The fraction of sp³-hybridized carbons (Fsp3) is 0.192. The average molecular weight is 475 g/mol. The first kappa shape index (κ1) is 22.4. The lowest BCUT2D eigenvalue weighted by molar-refractivity contribution is -0.140. The van der Waals surface area contributed by atoms with Crippen LogP contribution in [-0.4, -0.2) is 23.5 Å². The zero-order chi connectivity index (χ0) is 24.9. The van der Waals surface area contributed by atoms with Crippen molar-refractivity contribution in [3.8, 4) is 5.75 Å². The molecule has 1 unspecified atom stereocenters. The van der Waals surface area contributed by atoms with Crippen molar-refractivity contribution in [3.05, 3.63) is 105 Å². The van der Waals surface area contributed by atoms with Crippen LogP contribution in [0.4, 0.5) is 10.1 Å². The summed E-state index contributed by atoms with van der Waals surface area (Å²) in [7, 11) is 0. The average Bonchev–Trinajstić information content (AvgIpc) is 3.03. The number of benzene rings is 2. The molecule has 0 saturated carbocycles. The number of anilines is 1. The minimum Gasteiger partial charge on any atom is -0.462 e. The lowest BCUT2D eigenvalue weighted by atomic mass is 9.68.